The summed E-state index contributed by atoms with van der Waals surface area (Å²) in [4.78, 5) is 45.0. The molecule has 0 spiro atoms. The summed E-state index contributed by atoms with van der Waals surface area (Å²) in [6, 6.07) is 21.1. The third kappa shape index (κ3) is 4.97. The number of hydrogen-bond donors (Lipinski definition) is 0. The summed E-state index contributed by atoms with van der Waals surface area (Å²) in [5.74, 6) is -6.03. The van der Waals surface area contributed by atoms with Crippen molar-refractivity contribution in [3.8, 4) is 33.4 Å². The van der Waals surface area contributed by atoms with E-state index in [-0.39, 0.29) is 22.3 Å². The van der Waals surface area contributed by atoms with E-state index in [9.17, 15) is 39.6 Å². The lowest BCUT2D eigenvalue weighted by molar-refractivity contribution is -0.257. The first-order valence-corrected chi connectivity index (χ1v) is 10.5. The largest absolute Gasteiger partial charge is 0.545 e. The van der Waals surface area contributed by atoms with Gasteiger partial charge in [-0.2, -0.15) is 0 Å². The molecule has 36 heavy (non-hydrogen) atoms. The summed E-state index contributed by atoms with van der Waals surface area (Å²) in [6.45, 7) is 0. The third-order valence-electron chi connectivity index (χ3n) is 5.58. The van der Waals surface area contributed by atoms with Crippen molar-refractivity contribution in [3.63, 3.8) is 0 Å². The quantitative estimate of drug-likeness (QED) is 0.362. The second-order valence-corrected chi connectivity index (χ2v) is 7.90. The van der Waals surface area contributed by atoms with Crippen LogP contribution in [0.5, 0.6) is 0 Å². The first kappa shape index (κ1) is 23.9. The van der Waals surface area contributed by atoms with Crippen molar-refractivity contribution >= 4 is 23.9 Å². The van der Waals surface area contributed by atoms with Crippen LogP contribution in [0.15, 0.2) is 84.9 Å². The fourth-order valence-corrected chi connectivity index (χ4v) is 3.77. The van der Waals surface area contributed by atoms with Gasteiger partial charge in [-0.05, 0) is 92.0 Å². The monoisotopic (exact) mass is 478 g/mol. The van der Waals surface area contributed by atoms with E-state index in [2.05, 4.69) is 0 Å². The van der Waals surface area contributed by atoms with Crippen molar-refractivity contribution in [2.75, 3.05) is 0 Å². The van der Waals surface area contributed by atoms with E-state index in [4.69, 9.17) is 0 Å². The van der Waals surface area contributed by atoms with Crippen LogP contribution in [-0.2, 0) is 0 Å². The van der Waals surface area contributed by atoms with Gasteiger partial charge in [0.1, 0.15) is 0 Å². The molecule has 4 aromatic rings. The van der Waals surface area contributed by atoms with Crippen LogP contribution in [0, 0.1) is 0 Å². The summed E-state index contributed by atoms with van der Waals surface area (Å²) >= 11 is 0. The number of benzene rings is 4. The van der Waals surface area contributed by atoms with Crippen LogP contribution in [0.25, 0.3) is 33.4 Å². The molecule has 8 heteroatoms. The molecule has 4 aromatic carbocycles. The van der Waals surface area contributed by atoms with Crippen LogP contribution in [0.2, 0.25) is 0 Å². The molecule has 0 bridgehead atoms. The molecule has 0 aliphatic carbocycles. The Morgan fingerprint density at radius 2 is 0.528 bits per heavy atom. The molecule has 178 valence electrons. The summed E-state index contributed by atoms with van der Waals surface area (Å²) in [5, 5.41) is 45.0. The van der Waals surface area contributed by atoms with Crippen LogP contribution in [0.1, 0.15) is 41.4 Å². The fraction of sp³-hybridized carbons (Fsp3) is 0. The molecule has 0 N–H and O–H groups in total. The second kappa shape index (κ2) is 9.55. The van der Waals surface area contributed by atoms with Crippen LogP contribution in [0.3, 0.4) is 0 Å². The molecule has 0 saturated carbocycles. The average molecular weight is 478 g/mol. The summed E-state index contributed by atoms with van der Waals surface area (Å²) < 4.78 is 0. The molecular formula is C28H14O8-4. The highest BCUT2D eigenvalue weighted by molar-refractivity contribution is 5.95. The SMILES string of the molecule is O=C([O-])c1cc(C(=O)[O-])cc(-c2ccc(-c3ccc(-c4cc(C(=O)[O-])cc(C(=O)[O-])c4)cc3)cc2)c1. The topological polar surface area (TPSA) is 161 Å². The van der Waals surface area contributed by atoms with Gasteiger partial charge in [0.25, 0.3) is 0 Å². The van der Waals surface area contributed by atoms with Gasteiger partial charge >= 0.3 is 0 Å². The van der Waals surface area contributed by atoms with Gasteiger partial charge in [-0.3, -0.25) is 0 Å². The first-order chi connectivity index (χ1) is 17.1. The molecular weight excluding hydrogens is 464 g/mol. The Hall–Kier alpha value is -5.24. The Morgan fingerprint density at radius 3 is 0.722 bits per heavy atom. The van der Waals surface area contributed by atoms with E-state index < -0.39 is 23.9 Å². The van der Waals surface area contributed by atoms with Gasteiger partial charge in [0.15, 0.2) is 0 Å². The second-order valence-electron chi connectivity index (χ2n) is 7.90. The van der Waals surface area contributed by atoms with Gasteiger partial charge in [-0.15, -0.1) is 0 Å². The van der Waals surface area contributed by atoms with E-state index >= 15 is 0 Å². The van der Waals surface area contributed by atoms with Crippen LogP contribution in [-0.4, -0.2) is 23.9 Å². The van der Waals surface area contributed by atoms with E-state index in [0.29, 0.717) is 22.3 Å². The maximum Gasteiger partial charge on any atom is 0.0715 e. The fourth-order valence-electron chi connectivity index (χ4n) is 3.77. The van der Waals surface area contributed by atoms with Gasteiger partial charge in [0.2, 0.25) is 0 Å². The summed E-state index contributed by atoms with van der Waals surface area (Å²) in [6.07, 6.45) is 0. The molecule has 0 aromatic heterocycles. The molecule has 0 amide bonds. The highest BCUT2D eigenvalue weighted by Crippen LogP contribution is 2.29. The van der Waals surface area contributed by atoms with Crippen molar-refractivity contribution in [3.05, 3.63) is 107 Å². The minimum atomic E-state index is -1.51. The van der Waals surface area contributed by atoms with Crippen molar-refractivity contribution < 1.29 is 39.6 Å². The van der Waals surface area contributed by atoms with Crippen LogP contribution in [0.4, 0.5) is 0 Å². The molecule has 0 unspecified atom stereocenters. The molecule has 0 aliphatic rings. The predicted molar refractivity (Wildman–Crippen MR) is 120 cm³/mol. The van der Waals surface area contributed by atoms with Gasteiger partial charge in [-0.1, -0.05) is 48.5 Å². The number of carbonyl (C=O) groups is 4. The van der Waals surface area contributed by atoms with Gasteiger partial charge < -0.3 is 39.6 Å². The highest BCUT2D eigenvalue weighted by Gasteiger charge is 2.08. The standard InChI is InChI=1S/C28H18O8/c29-25(30)21-9-19(10-22(13-21)26(31)32)17-5-1-15(2-6-17)16-3-7-18(8-4-16)20-11-23(27(33)34)14-24(12-20)28(35)36/h1-14H,(H,29,30)(H,31,32)(H,33,34)(H,35,36)/p-4. The van der Waals surface area contributed by atoms with Crippen molar-refractivity contribution in [2.45, 2.75) is 0 Å². The number of aromatic carboxylic acids is 4. The number of hydrogen-bond acceptors (Lipinski definition) is 8. The summed E-state index contributed by atoms with van der Waals surface area (Å²) in [5.41, 5.74) is 2.35. The Morgan fingerprint density at radius 1 is 0.333 bits per heavy atom. The Balaban J connectivity index is 1.64. The van der Waals surface area contributed by atoms with E-state index in [1.807, 2.05) is 0 Å². The molecule has 0 aliphatic heterocycles. The lowest BCUT2D eigenvalue weighted by atomic mass is 9.95. The zero-order valence-electron chi connectivity index (χ0n) is 18.3. The van der Waals surface area contributed by atoms with Crippen molar-refractivity contribution in [2.24, 2.45) is 0 Å². The van der Waals surface area contributed by atoms with E-state index in [1.54, 1.807) is 48.5 Å². The Labute approximate surface area is 204 Å². The van der Waals surface area contributed by atoms with E-state index in [1.165, 1.54) is 24.3 Å². The number of carbonyl (C=O) groups excluding carboxylic acids is 4. The van der Waals surface area contributed by atoms with Gasteiger partial charge in [0, 0.05) is 0 Å². The molecule has 0 heterocycles. The number of carboxylic acids is 4. The molecule has 8 nitrogen and oxygen atoms in total. The Bertz CT molecular complexity index is 1340. The van der Waals surface area contributed by atoms with Crippen molar-refractivity contribution in [1.29, 1.82) is 0 Å². The minimum Gasteiger partial charge on any atom is -0.545 e. The smallest absolute Gasteiger partial charge is 0.0715 e. The molecule has 0 radical (unpaired) electrons. The third-order valence-corrected chi connectivity index (χ3v) is 5.58. The van der Waals surface area contributed by atoms with Gasteiger partial charge in [0.05, 0.1) is 23.9 Å². The lowest BCUT2D eigenvalue weighted by Crippen LogP contribution is -2.25. The zero-order chi connectivity index (χ0) is 26.0. The zero-order valence-corrected chi connectivity index (χ0v) is 18.3. The highest BCUT2D eigenvalue weighted by atomic mass is 16.4. The lowest BCUT2D eigenvalue weighted by Gasteiger charge is -2.13. The van der Waals surface area contributed by atoms with Crippen molar-refractivity contribution in [1.82, 2.24) is 0 Å². The molecule has 4 rings (SSSR count). The minimum absolute atomic E-state index is 0.282. The van der Waals surface area contributed by atoms with E-state index in [0.717, 1.165) is 23.3 Å². The van der Waals surface area contributed by atoms with Crippen LogP contribution < -0.4 is 20.4 Å². The summed E-state index contributed by atoms with van der Waals surface area (Å²) in [7, 11) is 0. The first-order valence-electron chi connectivity index (χ1n) is 10.5. The Kier molecular flexibility index (Phi) is 6.34. The molecule has 0 atom stereocenters. The number of rotatable bonds is 7. The van der Waals surface area contributed by atoms with Crippen LogP contribution >= 0.6 is 0 Å². The molecule has 0 fully saturated rings. The maximum atomic E-state index is 11.2. The maximum absolute atomic E-state index is 11.2. The average Bonchev–Trinajstić information content (AvgIpc) is 2.88. The normalized spacial score (nSPS) is 10.6. The van der Waals surface area contributed by atoms with Gasteiger partial charge in [-0.25, -0.2) is 0 Å². The predicted octanol–water partition coefficient (Wildman–Crippen LogP) is 0.142. The molecule has 0 saturated heterocycles. The number of carboxylic acid groups (broad SMARTS) is 4.